The number of anilines is 1. The van der Waals surface area contributed by atoms with Gasteiger partial charge in [-0.2, -0.15) is 0 Å². The van der Waals surface area contributed by atoms with E-state index in [-0.39, 0.29) is 17.0 Å². The van der Waals surface area contributed by atoms with Crippen LogP contribution in [0, 0.1) is 5.92 Å². The third-order valence-electron chi connectivity index (χ3n) is 3.35. The molecule has 0 aliphatic heterocycles. The monoisotopic (exact) mass is 297 g/mol. The summed E-state index contributed by atoms with van der Waals surface area (Å²) in [6, 6.07) is 6.98. The lowest BCUT2D eigenvalue weighted by atomic mass is 10.1. The van der Waals surface area contributed by atoms with Crippen LogP contribution in [0.3, 0.4) is 0 Å². The summed E-state index contributed by atoms with van der Waals surface area (Å²) in [6.07, 6.45) is 2.32. The fraction of sp³-hybridized carbons (Fsp3) is 0.571. The topological polar surface area (TPSA) is 84.2 Å². The maximum atomic E-state index is 12.3. The van der Waals surface area contributed by atoms with E-state index in [9.17, 15) is 8.42 Å². The highest BCUT2D eigenvalue weighted by Gasteiger charge is 2.31. The first-order valence-corrected chi connectivity index (χ1v) is 8.50. The Morgan fingerprint density at radius 1 is 1.30 bits per heavy atom. The molecule has 1 aromatic rings. The van der Waals surface area contributed by atoms with Crippen LogP contribution >= 0.6 is 0 Å². The van der Waals surface area contributed by atoms with E-state index in [4.69, 9.17) is 5.73 Å². The van der Waals surface area contributed by atoms with Gasteiger partial charge in [-0.15, -0.1) is 0 Å². The molecule has 0 spiro atoms. The molecular formula is C14H23N3O2S. The Bertz CT molecular complexity index is 553. The molecule has 5 nitrogen and oxygen atoms in total. The molecule has 1 aliphatic rings. The van der Waals surface area contributed by atoms with E-state index in [1.807, 2.05) is 6.07 Å². The van der Waals surface area contributed by atoms with E-state index in [0.717, 1.165) is 12.8 Å². The molecule has 1 atom stereocenters. The van der Waals surface area contributed by atoms with Crippen LogP contribution in [-0.4, -0.2) is 27.0 Å². The third-order valence-corrected chi connectivity index (χ3v) is 5.07. The first kappa shape index (κ1) is 15.3. The van der Waals surface area contributed by atoms with E-state index >= 15 is 0 Å². The number of hydrogen-bond acceptors (Lipinski definition) is 4. The minimum atomic E-state index is -3.50. The number of nitrogens with two attached hydrogens (primary N) is 1. The van der Waals surface area contributed by atoms with Crippen molar-refractivity contribution in [2.45, 2.75) is 43.7 Å². The smallest absolute Gasteiger partial charge is 0.242 e. The van der Waals surface area contributed by atoms with Gasteiger partial charge < -0.3 is 11.1 Å². The second kappa shape index (κ2) is 6.11. The van der Waals surface area contributed by atoms with Gasteiger partial charge in [0, 0.05) is 18.6 Å². The van der Waals surface area contributed by atoms with Gasteiger partial charge in [0.25, 0.3) is 0 Å². The molecule has 20 heavy (non-hydrogen) atoms. The van der Waals surface area contributed by atoms with Crippen molar-refractivity contribution in [1.29, 1.82) is 0 Å². The third kappa shape index (κ3) is 3.71. The number of nitrogens with one attached hydrogen (secondary N) is 2. The predicted octanol–water partition coefficient (Wildman–Crippen LogP) is 1.52. The summed E-state index contributed by atoms with van der Waals surface area (Å²) in [5.41, 5.74) is 6.40. The van der Waals surface area contributed by atoms with Gasteiger partial charge in [0.05, 0.1) is 5.69 Å². The molecule has 1 saturated carbocycles. The van der Waals surface area contributed by atoms with E-state index in [2.05, 4.69) is 10.0 Å². The Morgan fingerprint density at radius 2 is 1.95 bits per heavy atom. The SMILES string of the molecule is CC(C)NS(=O)(=O)c1ccccc1NC(CN)C1CC1. The number of hydrogen-bond donors (Lipinski definition) is 3. The zero-order valence-corrected chi connectivity index (χ0v) is 12.8. The van der Waals surface area contributed by atoms with Crippen LogP contribution in [0.2, 0.25) is 0 Å². The summed E-state index contributed by atoms with van der Waals surface area (Å²) in [7, 11) is -3.50. The fourth-order valence-corrected chi connectivity index (χ4v) is 3.68. The second-order valence-corrected chi connectivity index (χ2v) is 7.28. The molecule has 0 bridgehead atoms. The average molecular weight is 297 g/mol. The molecule has 1 aliphatic carbocycles. The Hall–Kier alpha value is -1.11. The highest BCUT2D eigenvalue weighted by Crippen LogP contribution is 2.34. The van der Waals surface area contributed by atoms with E-state index < -0.39 is 10.0 Å². The van der Waals surface area contributed by atoms with E-state index in [1.165, 1.54) is 0 Å². The second-order valence-electron chi connectivity index (χ2n) is 5.60. The predicted molar refractivity (Wildman–Crippen MR) is 81.1 cm³/mol. The number of rotatable bonds is 7. The van der Waals surface area contributed by atoms with Crippen LogP contribution in [0.25, 0.3) is 0 Å². The molecule has 0 radical (unpaired) electrons. The summed E-state index contributed by atoms with van der Waals surface area (Å²) < 4.78 is 27.3. The van der Waals surface area contributed by atoms with Crippen LogP contribution in [0.1, 0.15) is 26.7 Å². The Balaban J connectivity index is 2.25. The minimum absolute atomic E-state index is 0.137. The summed E-state index contributed by atoms with van der Waals surface area (Å²) in [6.45, 7) is 4.12. The van der Waals surface area contributed by atoms with Crippen molar-refractivity contribution in [3.05, 3.63) is 24.3 Å². The summed E-state index contributed by atoms with van der Waals surface area (Å²) in [5.74, 6) is 0.564. The molecule has 0 saturated heterocycles. The molecule has 112 valence electrons. The van der Waals surface area contributed by atoms with Crippen LogP contribution in [-0.2, 0) is 10.0 Å². The Labute approximate surface area is 121 Å². The molecule has 0 heterocycles. The van der Waals surface area contributed by atoms with E-state index in [1.54, 1.807) is 32.0 Å². The lowest BCUT2D eigenvalue weighted by molar-refractivity contribution is 0.569. The normalized spacial score (nSPS) is 17.2. The summed E-state index contributed by atoms with van der Waals surface area (Å²) in [4.78, 5) is 0.285. The highest BCUT2D eigenvalue weighted by atomic mass is 32.2. The largest absolute Gasteiger partial charge is 0.380 e. The van der Waals surface area contributed by atoms with Gasteiger partial charge in [-0.3, -0.25) is 0 Å². The minimum Gasteiger partial charge on any atom is -0.380 e. The van der Waals surface area contributed by atoms with Crippen molar-refractivity contribution >= 4 is 15.7 Å². The summed E-state index contributed by atoms with van der Waals surface area (Å²) in [5, 5.41) is 3.29. The van der Waals surface area contributed by atoms with Gasteiger partial charge >= 0.3 is 0 Å². The first-order valence-electron chi connectivity index (χ1n) is 7.02. The zero-order valence-electron chi connectivity index (χ0n) is 12.0. The highest BCUT2D eigenvalue weighted by molar-refractivity contribution is 7.89. The van der Waals surface area contributed by atoms with Gasteiger partial charge in [-0.25, -0.2) is 13.1 Å². The number of benzene rings is 1. The molecule has 1 fully saturated rings. The number of para-hydroxylation sites is 1. The molecule has 4 N–H and O–H groups in total. The lowest BCUT2D eigenvalue weighted by Gasteiger charge is -2.20. The van der Waals surface area contributed by atoms with Crippen LogP contribution in [0.5, 0.6) is 0 Å². The Kier molecular flexibility index (Phi) is 4.67. The van der Waals surface area contributed by atoms with Gasteiger partial charge in [0.1, 0.15) is 4.90 Å². The standard InChI is InChI=1S/C14H23N3O2S/c1-10(2)17-20(18,19)14-6-4-3-5-12(14)16-13(9-15)11-7-8-11/h3-6,10-11,13,16-17H,7-9,15H2,1-2H3. The van der Waals surface area contributed by atoms with Crippen LogP contribution in [0.4, 0.5) is 5.69 Å². The van der Waals surface area contributed by atoms with Gasteiger partial charge in [0.2, 0.25) is 10.0 Å². The maximum Gasteiger partial charge on any atom is 0.242 e. The molecule has 0 amide bonds. The van der Waals surface area contributed by atoms with Crippen LogP contribution < -0.4 is 15.8 Å². The van der Waals surface area contributed by atoms with Gasteiger partial charge in [-0.1, -0.05) is 12.1 Å². The quantitative estimate of drug-likeness (QED) is 0.712. The molecule has 1 aromatic carbocycles. The Morgan fingerprint density at radius 3 is 2.50 bits per heavy atom. The maximum absolute atomic E-state index is 12.3. The molecule has 6 heteroatoms. The molecule has 0 aromatic heterocycles. The average Bonchev–Trinajstić information content (AvgIpc) is 3.19. The van der Waals surface area contributed by atoms with Crippen molar-refractivity contribution in [2.75, 3.05) is 11.9 Å². The van der Waals surface area contributed by atoms with Crippen molar-refractivity contribution in [2.24, 2.45) is 11.7 Å². The van der Waals surface area contributed by atoms with Crippen LogP contribution in [0.15, 0.2) is 29.2 Å². The van der Waals surface area contributed by atoms with Gasteiger partial charge in [0.15, 0.2) is 0 Å². The summed E-state index contributed by atoms with van der Waals surface area (Å²) >= 11 is 0. The number of sulfonamides is 1. The van der Waals surface area contributed by atoms with Crippen molar-refractivity contribution in [3.8, 4) is 0 Å². The van der Waals surface area contributed by atoms with Crippen molar-refractivity contribution < 1.29 is 8.42 Å². The molecule has 1 unspecified atom stereocenters. The molecular weight excluding hydrogens is 274 g/mol. The fourth-order valence-electron chi connectivity index (χ4n) is 2.26. The van der Waals surface area contributed by atoms with E-state index in [0.29, 0.717) is 18.2 Å². The zero-order chi connectivity index (χ0) is 14.8. The van der Waals surface area contributed by atoms with Gasteiger partial charge in [-0.05, 0) is 44.7 Å². The molecule has 2 rings (SSSR count). The van der Waals surface area contributed by atoms with Crippen molar-refractivity contribution in [3.63, 3.8) is 0 Å². The van der Waals surface area contributed by atoms with Crippen molar-refractivity contribution in [1.82, 2.24) is 4.72 Å². The lowest BCUT2D eigenvalue weighted by Crippen LogP contribution is -2.34. The first-order chi connectivity index (χ1) is 9.44.